The van der Waals surface area contributed by atoms with Crippen molar-refractivity contribution in [3.05, 3.63) is 35.4 Å². The van der Waals surface area contributed by atoms with Crippen molar-refractivity contribution in [3.8, 4) is 0 Å². The summed E-state index contributed by atoms with van der Waals surface area (Å²) in [6, 6.07) is 8.20. The summed E-state index contributed by atoms with van der Waals surface area (Å²) in [5, 5.41) is 5.99. The maximum absolute atomic E-state index is 12.0. The molecule has 0 radical (unpaired) electrons. The van der Waals surface area contributed by atoms with Crippen LogP contribution in [-0.2, 0) is 17.9 Å². The summed E-state index contributed by atoms with van der Waals surface area (Å²) in [4.78, 5) is 14.1. The number of hydrogen-bond donors (Lipinski definition) is 2. The van der Waals surface area contributed by atoms with Gasteiger partial charge in [0.25, 0.3) is 0 Å². The number of likely N-dealkylation sites (N-methyl/N-ethyl adjacent to an activating group) is 1. The molecule has 106 valence electrons. The summed E-state index contributed by atoms with van der Waals surface area (Å²) in [5.74, 6) is 0.00894. The zero-order chi connectivity index (χ0) is 14.5. The average Bonchev–Trinajstić information content (AvgIpc) is 2.36. The molecule has 0 aromatic heterocycles. The molecular weight excluding hydrogens is 238 g/mol. The fraction of sp³-hybridized carbons (Fsp3) is 0.533. The third-order valence-corrected chi connectivity index (χ3v) is 3.24. The molecule has 19 heavy (non-hydrogen) atoms. The number of hydrogen-bond acceptors (Lipinski definition) is 3. The van der Waals surface area contributed by atoms with Crippen LogP contribution in [0.2, 0.25) is 0 Å². The molecule has 1 aromatic carbocycles. The molecule has 0 aliphatic carbocycles. The van der Waals surface area contributed by atoms with Gasteiger partial charge in [0, 0.05) is 13.1 Å². The van der Waals surface area contributed by atoms with E-state index < -0.39 is 5.54 Å². The van der Waals surface area contributed by atoms with Gasteiger partial charge in [-0.15, -0.1) is 0 Å². The van der Waals surface area contributed by atoms with Gasteiger partial charge in [-0.25, -0.2) is 0 Å². The minimum absolute atomic E-state index is 0.00894. The summed E-state index contributed by atoms with van der Waals surface area (Å²) in [6.07, 6.45) is 0. The maximum atomic E-state index is 12.0. The zero-order valence-electron chi connectivity index (χ0n) is 12.6. The summed E-state index contributed by atoms with van der Waals surface area (Å²) >= 11 is 0. The molecule has 0 aliphatic rings. The monoisotopic (exact) mass is 263 g/mol. The summed E-state index contributed by atoms with van der Waals surface area (Å²) in [5.41, 5.74) is 1.86. The Bertz CT molecular complexity index is 427. The number of nitrogens with one attached hydrogen (secondary N) is 2. The normalized spacial score (nSPS) is 11.7. The number of carbonyl (C=O) groups is 1. The molecule has 2 N–H and O–H groups in total. The lowest BCUT2D eigenvalue weighted by Crippen LogP contribution is -2.50. The van der Waals surface area contributed by atoms with Crippen LogP contribution in [0.5, 0.6) is 0 Å². The van der Waals surface area contributed by atoms with Crippen molar-refractivity contribution in [2.45, 2.75) is 32.5 Å². The first-order chi connectivity index (χ1) is 8.86. The molecule has 1 amide bonds. The Kier molecular flexibility index (Phi) is 5.51. The summed E-state index contributed by atoms with van der Waals surface area (Å²) < 4.78 is 0. The van der Waals surface area contributed by atoms with Crippen LogP contribution in [0.15, 0.2) is 24.3 Å². The first-order valence-corrected chi connectivity index (χ1v) is 6.55. The second kappa shape index (κ2) is 6.68. The lowest BCUT2D eigenvalue weighted by atomic mass is 10.0. The van der Waals surface area contributed by atoms with Crippen LogP contribution in [0.25, 0.3) is 0 Å². The van der Waals surface area contributed by atoms with E-state index in [1.807, 2.05) is 40.1 Å². The van der Waals surface area contributed by atoms with Gasteiger partial charge < -0.3 is 15.5 Å². The standard InChI is InChI=1S/C15H25N3O/c1-15(2,16-3)14(19)17-10-12-8-6-7-9-13(12)11-18(4)5/h6-9,16H,10-11H2,1-5H3,(H,17,19). The molecule has 1 aromatic rings. The SMILES string of the molecule is CNC(C)(C)C(=O)NCc1ccccc1CN(C)C. The van der Waals surface area contributed by atoms with E-state index in [0.29, 0.717) is 6.54 Å². The van der Waals surface area contributed by atoms with Crippen molar-refractivity contribution in [2.75, 3.05) is 21.1 Å². The van der Waals surface area contributed by atoms with Crippen LogP contribution in [0.1, 0.15) is 25.0 Å². The molecule has 0 aliphatic heterocycles. The fourth-order valence-electron chi connectivity index (χ4n) is 1.73. The van der Waals surface area contributed by atoms with Gasteiger partial charge in [0.05, 0.1) is 5.54 Å². The predicted octanol–water partition coefficient (Wildman–Crippen LogP) is 1.36. The average molecular weight is 263 g/mol. The third kappa shape index (κ3) is 4.65. The van der Waals surface area contributed by atoms with E-state index in [4.69, 9.17) is 0 Å². The van der Waals surface area contributed by atoms with E-state index in [1.54, 1.807) is 7.05 Å². The van der Waals surface area contributed by atoms with E-state index in [1.165, 1.54) is 5.56 Å². The minimum atomic E-state index is -0.545. The van der Waals surface area contributed by atoms with Crippen molar-refractivity contribution in [3.63, 3.8) is 0 Å². The van der Waals surface area contributed by atoms with Crippen molar-refractivity contribution in [1.82, 2.24) is 15.5 Å². The minimum Gasteiger partial charge on any atom is -0.350 e. The largest absolute Gasteiger partial charge is 0.350 e. The fourth-order valence-corrected chi connectivity index (χ4v) is 1.73. The highest BCUT2D eigenvalue weighted by atomic mass is 16.2. The first kappa shape index (κ1) is 15.7. The summed E-state index contributed by atoms with van der Waals surface area (Å²) in [6.45, 7) is 5.18. The van der Waals surface area contributed by atoms with Gasteiger partial charge in [-0.1, -0.05) is 24.3 Å². The first-order valence-electron chi connectivity index (χ1n) is 6.55. The molecule has 1 rings (SSSR count). The molecule has 0 fully saturated rings. The lowest BCUT2D eigenvalue weighted by Gasteiger charge is -2.23. The molecule has 0 unspecified atom stereocenters. The second-order valence-corrected chi connectivity index (χ2v) is 5.56. The third-order valence-electron chi connectivity index (χ3n) is 3.24. The van der Waals surface area contributed by atoms with Crippen molar-refractivity contribution < 1.29 is 4.79 Å². The molecule has 4 heteroatoms. The Labute approximate surface area is 116 Å². The van der Waals surface area contributed by atoms with E-state index in [-0.39, 0.29) is 5.91 Å². The lowest BCUT2D eigenvalue weighted by molar-refractivity contribution is -0.126. The highest BCUT2D eigenvalue weighted by Gasteiger charge is 2.24. The Morgan fingerprint density at radius 2 is 1.79 bits per heavy atom. The highest BCUT2D eigenvalue weighted by Crippen LogP contribution is 2.11. The smallest absolute Gasteiger partial charge is 0.239 e. The molecule has 0 saturated heterocycles. The number of amides is 1. The molecule has 0 heterocycles. The Morgan fingerprint density at radius 3 is 2.32 bits per heavy atom. The van der Waals surface area contributed by atoms with Gasteiger partial charge in [0.1, 0.15) is 0 Å². The van der Waals surface area contributed by atoms with Gasteiger partial charge in [0.15, 0.2) is 0 Å². The van der Waals surface area contributed by atoms with Gasteiger partial charge in [-0.2, -0.15) is 0 Å². The van der Waals surface area contributed by atoms with Crippen molar-refractivity contribution >= 4 is 5.91 Å². The number of benzene rings is 1. The highest BCUT2D eigenvalue weighted by molar-refractivity contribution is 5.85. The van der Waals surface area contributed by atoms with Crippen LogP contribution in [0, 0.1) is 0 Å². The molecular formula is C15H25N3O. The molecule has 0 bridgehead atoms. The van der Waals surface area contributed by atoms with Gasteiger partial charge in [-0.3, -0.25) is 4.79 Å². The van der Waals surface area contributed by atoms with Crippen LogP contribution in [0.3, 0.4) is 0 Å². The molecule has 0 spiro atoms. The van der Waals surface area contributed by atoms with Gasteiger partial charge in [0.2, 0.25) is 5.91 Å². The Morgan fingerprint density at radius 1 is 1.21 bits per heavy atom. The summed E-state index contributed by atoms with van der Waals surface area (Å²) in [7, 11) is 5.87. The molecule has 0 saturated carbocycles. The van der Waals surface area contributed by atoms with Crippen LogP contribution in [0.4, 0.5) is 0 Å². The van der Waals surface area contributed by atoms with E-state index in [0.717, 1.165) is 12.1 Å². The van der Waals surface area contributed by atoms with Gasteiger partial charge in [-0.05, 0) is 46.1 Å². The number of rotatable bonds is 6. The number of carbonyl (C=O) groups excluding carboxylic acids is 1. The predicted molar refractivity (Wildman–Crippen MR) is 78.8 cm³/mol. The Hall–Kier alpha value is -1.39. The maximum Gasteiger partial charge on any atom is 0.239 e. The molecule has 0 atom stereocenters. The van der Waals surface area contributed by atoms with Crippen LogP contribution in [-0.4, -0.2) is 37.5 Å². The Balaban J connectivity index is 2.70. The van der Waals surface area contributed by atoms with E-state index in [9.17, 15) is 4.79 Å². The number of nitrogens with zero attached hydrogens (tertiary/aromatic N) is 1. The van der Waals surface area contributed by atoms with E-state index >= 15 is 0 Å². The second-order valence-electron chi connectivity index (χ2n) is 5.56. The quantitative estimate of drug-likeness (QED) is 0.814. The van der Waals surface area contributed by atoms with E-state index in [2.05, 4.69) is 27.7 Å². The van der Waals surface area contributed by atoms with Crippen molar-refractivity contribution in [1.29, 1.82) is 0 Å². The van der Waals surface area contributed by atoms with Crippen LogP contribution >= 0.6 is 0 Å². The van der Waals surface area contributed by atoms with Crippen LogP contribution < -0.4 is 10.6 Å². The zero-order valence-corrected chi connectivity index (χ0v) is 12.6. The topological polar surface area (TPSA) is 44.4 Å². The van der Waals surface area contributed by atoms with Gasteiger partial charge >= 0.3 is 0 Å². The van der Waals surface area contributed by atoms with Crippen molar-refractivity contribution in [2.24, 2.45) is 0 Å². The molecule has 4 nitrogen and oxygen atoms in total.